The van der Waals surface area contributed by atoms with Crippen molar-refractivity contribution < 1.29 is 24.3 Å². The zero-order valence-corrected chi connectivity index (χ0v) is 15.2. The lowest BCUT2D eigenvalue weighted by Gasteiger charge is -2.50. The molecule has 0 bridgehead atoms. The van der Waals surface area contributed by atoms with Crippen molar-refractivity contribution in [2.75, 3.05) is 18.8 Å². The van der Waals surface area contributed by atoms with E-state index in [0.717, 1.165) is 4.90 Å². The fourth-order valence-electron chi connectivity index (χ4n) is 2.79. The van der Waals surface area contributed by atoms with Gasteiger partial charge < -0.3 is 15.7 Å². The number of carbonyl (C=O) groups excluding carboxylic acids is 3. The van der Waals surface area contributed by atoms with Gasteiger partial charge in [-0.1, -0.05) is 6.92 Å². The lowest BCUT2D eigenvalue weighted by atomic mass is 10.0. The topological polar surface area (TPSA) is 119 Å². The molecule has 2 rings (SSSR count). The number of urea groups is 1. The van der Waals surface area contributed by atoms with Crippen LogP contribution in [0, 0.1) is 0 Å². The molecule has 0 radical (unpaired) electrons. The maximum Gasteiger partial charge on any atom is 0.354 e. The normalized spacial score (nSPS) is 22.0. The summed E-state index contributed by atoms with van der Waals surface area (Å²) in [5.41, 5.74) is 0.0969. The number of fused-ring (bicyclic) bond motifs is 1. The monoisotopic (exact) mass is 370 g/mol. The summed E-state index contributed by atoms with van der Waals surface area (Å²) in [5.74, 6) is -1.74. The number of carbonyl (C=O) groups is 4. The van der Waals surface area contributed by atoms with Crippen LogP contribution in [0.15, 0.2) is 11.4 Å². The number of β-lactam (4-membered cyclic amide) rings is 1. The van der Waals surface area contributed by atoms with Crippen LogP contribution in [0.25, 0.3) is 0 Å². The number of nitrogens with zero attached hydrogens (tertiary/aromatic N) is 2. The number of hydrogen-bond acceptors (Lipinski definition) is 5. The van der Waals surface area contributed by atoms with Crippen molar-refractivity contribution in [3.8, 4) is 0 Å². The zero-order chi connectivity index (χ0) is 18.7. The van der Waals surface area contributed by atoms with Crippen molar-refractivity contribution >= 4 is 35.6 Å². The van der Waals surface area contributed by atoms with Gasteiger partial charge >= 0.3 is 12.0 Å². The number of carboxylic acid groups (broad SMARTS) is 1. The minimum atomic E-state index is -1.27. The molecule has 0 saturated carbocycles. The predicted octanol–water partition coefficient (Wildman–Crippen LogP) is 0.144. The molecule has 1 unspecified atom stereocenters. The van der Waals surface area contributed by atoms with Crippen LogP contribution >= 0.6 is 11.8 Å². The van der Waals surface area contributed by atoms with Gasteiger partial charge in [-0.25, -0.2) is 9.59 Å². The Balaban J connectivity index is 2.32. The highest BCUT2D eigenvalue weighted by molar-refractivity contribution is 8.00. The Morgan fingerprint density at radius 1 is 1.32 bits per heavy atom. The molecular weight excluding hydrogens is 348 g/mol. The number of amides is 4. The molecule has 25 heavy (non-hydrogen) atoms. The molecular formula is C15H22N4O5S. The lowest BCUT2D eigenvalue weighted by Crippen LogP contribution is -2.71. The van der Waals surface area contributed by atoms with Gasteiger partial charge in [0.15, 0.2) is 5.70 Å². The quantitative estimate of drug-likeness (QED) is 0.573. The first-order chi connectivity index (χ1) is 11.9. The highest BCUT2D eigenvalue weighted by Gasteiger charge is 2.54. The van der Waals surface area contributed by atoms with E-state index < -0.39 is 29.3 Å². The third kappa shape index (κ3) is 3.44. The second-order valence-electron chi connectivity index (χ2n) is 5.49. The van der Waals surface area contributed by atoms with E-state index in [4.69, 9.17) is 0 Å². The Bertz CT molecular complexity index is 635. The van der Waals surface area contributed by atoms with Crippen LogP contribution < -0.4 is 10.6 Å². The molecule has 138 valence electrons. The average molecular weight is 370 g/mol. The molecule has 9 nitrogen and oxygen atoms in total. The van der Waals surface area contributed by atoms with Crippen molar-refractivity contribution in [3.05, 3.63) is 11.4 Å². The third-order valence-corrected chi connectivity index (χ3v) is 5.27. The molecule has 0 aromatic heterocycles. The molecule has 2 aliphatic rings. The molecule has 1 fully saturated rings. The third-order valence-electron chi connectivity index (χ3n) is 4.00. The minimum absolute atomic E-state index is 0.191. The average Bonchev–Trinajstić information content (AvgIpc) is 2.59. The van der Waals surface area contributed by atoms with Crippen LogP contribution in [0.2, 0.25) is 0 Å². The second-order valence-corrected chi connectivity index (χ2v) is 6.59. The Morgan fingerprint density at radius 2 is 2.00 bits per heavy atom. The van der Waals surface area contributed by atoms with Crippen molar-refractivity contribution in [3.63, 3.8) is 0 Å². The molecule has 2 aliphatic heterocycles. The van der Waals surface area contributed by atoms with Gasteiger partial charge in [-0.3, -0.25) is 19.4 Å². The molecule has 0 aliphatic carbocycles. The fourth-order valence-corrected chi connectivity index (χ4v) is 4.14. The minimum Gasteiger partial charge on any atom is -0.477 e. The molecule has 10 heteroatoms. The van der Waals surface area contributed by atoms with E-state index in [-0.39, 0.29) is 36.0 Å². The summed E-state index contributed by atoms with van der Waals surface area (Å²) in [5, 5.41) is 14.4. The number of rotatable bonds is 6. The maximum absolute atomic E-state index is 12.4. The first kappa shape index (κ1) is 19.1. The summed E-state index contributed by atoms with van der Waals surface area (Å²) < 4.78 is 0. The largest absolute Gasteiger partial charge is 0.477 e. The molecule has 2 heterocycles. The Kier molecular flexibility index (Phi) is 5.93. The van der Waals surface area contributed by atoms with Crippen LogP contribution in [0.5, 0.6) is 0 Å². The number of nitrogens with one attached hydrogen (secondary N) is 2. The van der Waals surface area contributed by atoms with Crippen molar-refractivity contribution in [2.45, 2.75) is 38.6 Å². The van der Waals surface area contributed by atoms with Crippen LogP contribution in [0.3, 0.4) is 0 Å². The van der Waals surface area contributed by atoms with E-state index in [9.17, 15) is 24.3 Å². The van der Waals surface area contributed by atoms with E-state index in [1.165, 1.54) is 16.7 Å². The van der Waals surface area contributed by atoms with Crippen molar-refractivity contribution in [1.82, 2.24) is 20.4 Å². The van der Waals surface area contributed by atoms with Crippen LogP contribution in [0.4, 0.5) is 4.79 Å². The molecule has 0 aromatic rings. The van der Waals surface area contributed by atoms with E-state index >= 15 is 0 Å². The van der Waals surface area contributed by atoms with Gasteiger partial charge in [0.25, 0.3) is 5.91 Å². The highest BCUT2D eigenvalue weighted by Crippen LogP contribution is 2.41. The van der Waals surface area contributed by atoms with Gasteiger partial charge in [0.1, 0.15) is 11.4 Å². The molecule has 4 amide bonds. The molecule has 1 saturated heterocycles. The Morgan fingerprint density at radius 3 is 2.52 bits per heavy atom. The van der Waals surface area contributed by atoms with Gasteiger partial charge in [0, 0.05) is 25.3 Å². The number of thioether (sulfide) groups is 1. The number of aliphatic carboxylic acids is 1. The van der Waals surface area contributed by atoms with E-state index in [0.29, 0.717) is 6.54 Å². The summed E-state index contributed by atoms with van der Waals surface area (Å²) in [4.78, 5) is 50.4. The summed E-state index contributed by atoms with van der Waals surface area (Å²) >= 11 is 1.33. The van der Waals surface area contributed by atoms with Gasteiger partial charge in [0.05, 0.1) is 5.70 Å². The van der Waals surface area contributed by atoms with E-state index in [2.05, 4.69) is 10.6 Å². The lowest BCUT2D eigenvalue weighted by molar-refractivity contribution is -0.150. The second kappa shape index (κ2) is 7.77. The summed E-state index contributed by atoms with van der Waals surface area (Å²) in [6.07, 6.45) is 0.245. The Labute approximate surface area is 149 Å². The molecule has 2 atom stereocenters. The smallest absolute Gasteiger partial charge is 0.354 e. The van der Waals surface area contributed by atoms with Crippen molar-refractivity contribution in [1.29, 1.82) is 0 Å². The summed E-state index contributed by atoms with van der Waals surface area (Å²) in [7, 11) is 0. The maximum atomic E-state index is 12.4. The van der Waals surface area contributed by atoms with E-state index in [1.807, 2.05) is 0 Å². The van der Waals surface area contributed by atoms with E-state index in [1.54, 1.807) is 20.8 Å². The fraction of sp³-hybridized carbons (Fsp3) is 0.600. The first-order valence-electron chi connectivity index (χ1n) is 8.13. The number of carboxylic acids is 1. The molecule has 0 aromatic carbocycles. The van der Waals surface area contributed by atoms with Gasteiger partial charge in [-0.05, 0) is 13.8 Å². The van der Waals surface area contributed by atoms with Gasteiger partial charge in [-0.2, -0.15) is 0 Å². The molecule has 0 spiro atoms. The summed E-state index contributed by atoms with van der Waals surface area (Å²) in [6, 6.07) is -1.13. The van der Waals surface area contributed by atoms with Crippen LogP contribution in [-0.2, 0) is 14.4 Å². The first-order valence-corrected chi connectivity index (χ1v) is 9.17. The van der Waals surface area contributed by atoms with Crippen LogP contribution in [0.1, 0.15) is 27.2 Å². The van der Waals surface area contributed by atoms with Gasteiger partial charge in [0.2, 0.25) is 5.91 Å². The zero-order valence-electron chi connectivity index (χ0n) is 14.4. The SMILES string of the molecule is CCNC(=O)N(CC)C1=C(C(=O)O)N2C(=O)C(NC(=O)CC)[C@@H]2SC1. The predicted molar refractivity (Wildman–Crippen MR) is 91.4 cm³/mol. The van der Waals surface area contributed by atoms with Gasteiger partial charge in [-0.15, -0.1) is 11.8 Å². The highest BCUT2D eigenvalue weighted by atomic mass is 32.2. The Hall–Kier alpha value is -2.23. The standard InChI is InChI=1S/C15H22N4O5S/c1-4-9(20)17-10-12(21)19-11(14(22)23)8(7-25-13(10)19)18(6-3)15(24)16-5-2/h10,13H,4-7H2,1-3H3,(H,16,24)(H,17,20)(H,22,23)/t10?,13-/m0/s1. The van der Waals surface area contributed by atoms with Crippen molar-refractivity contribution in [2.24, 2.45) is 0 Å². The molecule has 3 N–H and O–H groups in total. The summed E-state index contributed by atoms with van der Waals surface area (Å²) in [6.45, 7) is 5.87. The number of hydrogen-bond donors (Lipinski definition) is 3. The van der Waals surface area contributed by atoms with Crippen LogP contribution in [-0.4, -0.2) is 69.0 Å².